The molecular formula is C13H14N6OS. The Hall–Kier alpha value is -2.35. The van der Waals surface area contributed by atoms with Gasteiger partial charge in [-0.3, -0.25) is 10.1 Å². The minimum absolute atomic E-state index is 0.229. The van der Waals surface area contributed by atoms with Crippen molar-refractivity contribution in [2.24, 2.45) is 5.92 Å². The maximum atomic E-state index is 12.2. The van der Waals surface area contributed by atoms with E-state index in [1.165, 1.54) is 11.3 Å². The van der Waals surface area contributed by atoms with E-state index < -0.39 is 0 Å². The minimum atomic E-state index is -0.229. The van der Waals surface area contributed by atoms with Crippen LogP contribution in [0.1, 0.15) is 29.2 Å². The van der Waals surface area contributed by atoms with Crippen LogP contribution in [0.3, 0.4) is 0 Å². The number of carbonyl (C=O) groups is 1. The largest absolute Gasteiger partial charge is 0.296 e. The van der Waals surface area contributed by atoms with E-state index in [-0.39, 0.29) is 5.91 Å². The van der Waals surface area contributed by atoms with E-state index in [0.29, 0.717) is 22.1 Å². The second-order valence-corrected chi connectivity index (χ2v) is 6.14. The van der Waals surface area contributed by atoms with Gasteiger partial charge in [0.1, 0.15) is 16.0 Å². The summed E-state index contributed by atoms with van der Waals surface area (Å²) in [6, 6.07) is 5.14. The summed E-state index contributed by atoms with van der Waals surface area (Å²) >= 11 is 1.40. The zero-order valence-corrected chi connectivity index (χ0v) is 12.4. The van der Waals surface area contributed by atoms with Gasteiger partial charge in [0.25, 0.3) is 5.91 Å². The molecular weight excluding hydrogens is 288 g/mol. The summed E-state index contributed by atoms with van der Waals surface area (Å²) in [7, 11) is 0. The topological polar surface area (TPSA) is 96.5 Å². The highest BCUT2D eigenvalue weighted by Gasteiger charge is 2.12. The maximum Gasteiger partial charge on any atom is 0.257 e. The van der Waals surface area contributed by atoms with Crippen molar-refractivity contribution in [2.75, 3.05) is 5.32 Å². The van der Waals surface area contributed by atoms with Crippen LogP contribution in [0.25, 0.3) is 11.0 Å². The van der Waals surface area contributed by atoms with Gasteiger partial charge in [-0.15, -0.1) is 10.2 Å². The van der Waals surface area contributed by atoms with E-state index in [1.54, 1.807) is 18.2 Å². The maximum absolute atomic E-state index is 12.2. The number of H-pyrrole nitrogens is 1. The first-order valence-corrected chi connectivity index (χ1v) is 7.38. The minimum Gasteiger partial charge on any atom is -0.296 e. The van der Waals surface area contributed by atoms with E-state index >= 15 is 0 Å². The lowest BCUT2D eigenvalue weighted by atomic mass is 10.1. The lowest BCUT2D eigenvalue weighted by molar-refractivity contribution is 0.102. The number of anilines is 1. The van der Waals surface area contributed by atoms with Crippen LogP contribution in [-0.2, 0) is 6.42 Å². The van der Waals surface area contributed by atoms with E-state index in [4.69, 9.17) is 0 Å². The van der Waals surface area contributed by atoms with Gasteiger partial charge in [-0.05, 0) is 24.1 Å². The van der Waals surface area contributed by atoms with Crippen LogP contribution < -0.4 is 5.32 Å². The molecule has 2 aromatic heterocycles. The molecule has 0 atom stereocenters. The molecule has 0 unspecified atom stereocenters. The van der Waals surface area contributed by atoms with Crippen LogP contribution in [0.15, 0.2) is 18.2 Å². The summed E-state index contributed by atoms with van der Waals surface area (Å²) in [4.78, 5) is 12.2. The van der Waals surface area contributed by atoms with Crippen molar-refractivity contribution in [3.05, 3.63) is 28.8 Å². The summed E-state index contributed by atoms with van der Waals surface area (Å²) in [5.74, 6) is 0.281. The van der Waals surface area contributed by atoms with Crippen molar-refractivity contribution in [3.63, 3.8) is 0 Å². The van der Waals surface area contributed by atoms with Gasteiger partial charge in [-0.2, -0.15) is 15.4 Å². The average Bonchev–Trinajstić information content (AvgIpc) is 3.06. The molecule has 0 bridgehead atoms. The fourth-order valence-electron chi connectivity index (χ4n) is 1.89. The molecule has 2 N–H and O–H groups in total. The molecule has 0 radical (unpaired) electrons. The Kier molecular flexibility index (Phi) is 3.61. The summed E-state index contributed by atoms with van der Waals surface area (Å²) in [6.07, 6.45) is 0.860. The molecule has 8 heteroatoms. The molecule has 0 aliphatic heterocycles. The molecule has 108 valence electrons. The molecule has 3 aromatic rings. The van der Waals surface area contributed by atoms with Gasteiger partial charge < -0.3 is 0 Å². The van der Waals surface area contributed by atoms with Crippen LogP contribution in [0.5, 0.6) is 0 Å². The Morgan fingerprint density at radius 2 is 2.10 bits per heavy atom. The predicted octanol–water partition coefficient (Wildman–Crippen LogP) is 2.26. The van der Waals surface area contributed by atoms with Gasteiger partial charge in [-0.25, -0.2) is 0 Å². The number of nitrogens with zero attached hydrogens (tertiary/aromatic N) is 4. The Balaban J connectivity index is 1.74. The lowest BCUT2D eigenvalue weighted by Crippen LogP contribution is -2.11. The molecule has 7 nitrogen and oxygen atoms in total. The van der Waals surface area contributed by atoms with Gasteiger partial charge in [0.05, 0.1) is 0 Å². The van der Waals surface area contributed by atoms with Crippen LogP contribution in [0.2, 0.25) is 0 Å². The van der Waals surface area contributed by atoms with Crippen LogP contribution in [-0.4, -0.2) is 31.5 Å². The number of hydrogen-bond acceptors (Lipinski definition) is 6. The fraction of sp³-hybridized carbons (Fsp3) is 0.308. The molecule has 2 heterocycles. The Labute approximate surface area is 124 Å². The number of aromatic amines is 1. The first-order chi connectivity index (χ1) is 10.1. The van der Waals surface area contributed by atoms with Gasteiger partial charge in [-0.1, -0.05) is 25.2 Å². The smallest absolute Gasteiger partial charge is 0.257 e. The average molecular weight is 302 g/mol. The molecule has 3 rings (SSSR count). The third-order valence-electron chi connectivity index (χ3n) is 2.85. The second kappa shape index (κ2) is 5.57. The number of nitrogens with one attached hydrogen (secondary N) is 2. The first-order valence-electron chi connectivity index (χ1n) is 6.56. The zero-order valence-electron chi connectivity index (χ0n) is 11.6. The van der Waals surface area contributed by atoms with Crippen LogP contribution in [0.4, 0.5) is 5.13 Å². The monoisotopic (exact) mass is 302 g/mol. The van der Waals surface area contributed by atoms with Crippen molar-refractivity contribution in [1.29, 1.82) is 0 Å². The molecule has 1 amide bonds. The van der Waals surface area contributed by atoms with E-state index in [2.05, 4.69) is 44.8 Å². The molecule has 0 aliphatic carbocycles. The molecule has 0 saturated carbocycles. The molecule has 0 saturated heterocycles. The Morgan fingerprint density at radius 3 is 2.90 bits per heavy atom. The molecule has 0 aliphatic rings. The van der Waals surface area contributed by atoms with Crippen molar-refractivity contribution in [3.8, 4) is 0 Å². The SMILES string of the molecule is CC(C)Cc1nnc(NC(=O)c2ccc3n[nH]nc3c2)s1. The van der Waals surface area contributed by atoms with Gasteiger partial charge in [0, 0.05) is 12.0 Å². The van der Waals surface area contributed by atoms with Crippen molar-refractivity contribution in [2.45, 2.75) is 20.3 Å². The Morgan fingerprint density at radius 1 is 1.29 bits per heavy atom. The third-order valence-corrected chi connectivity index (χ3v) is 3.71. The number of rotatable bonds is 4. The highest BCUT2D eigenvalue weighted by atomic mass is 32.1. The van der Waals surface area contributed by atoms with Crippen LogP contribution >= 0.6 is 11.3 Å². The zero-order chi connectivity index (χ0) is 14.8. The van der Waals surface area contributed by atoms with Gasteiger partial charge >= 0.3 is 0 Å². The van der Waals surface area contributed by atoms with Crippen molar-refractivity contribution < 1.29 is 4.79 Å². The molecule has 0 spiro atoms. The number of amides is 1. The van der Waals surface area contributed by atoms with Gasteiger partial charge in [0.15, 0.2) is 0 Å². The quantitative estimate of drug-likeness (QED) is 0.770. The van der Waals surface area contributed by atoms with E-state index in [1.807, 2.05) is 0 Å². The van der Waals surface area contributed by atoms with Gasteiger partial charge in [0.2, 0.25) is 5.13 Å². The summed E-state index contributed by atoms with van der Waals surface area (Å²) in [5, 5.41) is 22.7. The number of benzene rings is 1. The molecule has 1 aromatic carbocycles. The second-order valence-electron chi connectivity index (χ2n) is 5.08. The normalized spacial score (nSPS) is 11.2. The van der Waals surface area contributed by atoms with E-state index in [9.17, 15) is 4.79 Å². The third kappa shape index (κ3) is 3.05. The number of carbonyl (C=O) groups excluding carboxylic acids is 1. The number of fused-ring (bicyclic) bond motifs is 1. The summed E-state index contributed by atoms with van der Waals surface area (Å²) in [6.45, 7) is 4.24. The molecule has 0 fully saturated rings. The highest BCUT2D eigenvalue weighted by Crippen LogP contribution is 2.19. The van der Waals surface area contributed by atoms with Crippen molar-refractivity contribution >= 4 is 33.4 Å². The molecule has 21 heavy (non-hydrogen) atoms. The standard InChI is InChI=1S/C13H14N6OS/c1-7(2)5-11-17-18-13(21-11)14-12(20)8-3-4-9-10(6-8)16-19-15-9/h3-4,6-7H,5H2,1-2H3,(H,14,18,20)(H,15,16,19). The lowest BCUT2D eigenvalue weighted by Gasteiger charge is -2.00. The van der Waals surface area contributed by atoms with Crippen LogP contribution in [0, 0.1) is 5.92 Å². The summed E-state index contributed by atoms with van der Waals surface area (Å²) < 4.78 is 0. The number of hydrogen-bond donors (Lipinski definition) is 2. The van der Waals surface area contributed by atoms with E-state index in [0.717, 1.165) is 16.9 Å². The number of aromatic nitrogens is 5. The first kappa shape index (κ1) is 13.6. The fourth-order valence-corrected chi connectivity index (χ4v) is 2.83. The Bertz CT molecular complexity index is 778. The highest BCUT2D eigenvalue weighted by molar-refractivity contribution is 7.15. The summed E-state index contributed by atoms with van der Waals surface area (Å²) in [5.41, 5.74) is 1.89. The van der Waals surface area contributed by atoms with Crippen molar-refractivity contribution in [1.82, 2.24) is 25.6 Å². The predicted molar refractivity (Wildman–Crippen MR) is 80.3 cm³/mol.